The molecule has 0 aromatic heterocycles. The Kier molecular flexibility index (Phi) is 5.25. The van der Waals surface area contributed by atoms with Crippen LogP contribution < -0.4 is 0 Å². The zero-order chi connectivity index (χ0) is 14.8. The summed E-state index contributed by atoms with van der Waals surface area (Å²) in [5.41, 5.74) is -2.63. The molecule has 4 unspecified atom stereocenters. The quantitative estimate of drug-likeness (QED) is 0.260. The van der Waals surface area contributed by atoms with E-state index in [1.54, 1.807) is 0 Å². The minimum atomic E-state index is -2.63. The van der Waals surface area contributed by atoms with Gasteiger partial charge in [0.05, 0.1) is 0 Å². The number of aliphatic hydroxyl groups excluding tert-OH is 4. The van der Waals surface area contributed by atoms with Gasteiger partial charge < -0.3 is 35.7 Å². The first kappa shape index (κ1) is 16.3. The molecule has 0 aliphatic heterocycles. The van der Waals surface area contributed by atoms with Gasteiger partial charge in [-0.2, -0.15) is 0 Å². The SMILES string of the molecule is O=C(O)C(O)(C1CCCC1)C(O)C(O)C(O)C(O)O. The first-order valence-electron chi connectivity index (χ1n) is 6.09. The van der Waals surface area contributed by atoms with Crippen LogP contribution in [-0.2, 0) is 4.79 Å². The number of hydrogen-bond acceptors (Lipinski definition) is 7. The minimum Gasteiger partial charge on any atom is -0.479 e. The van der Waals surface area contributed by atoms with E-state index in [1.807, 2.05) is 0 Å². The molecule has 0 radical (unpaired) electrons. The average molecular weight is 280 g/mol. The van der Waals surface area contributed by atoms with E-state index in [9.17, 15) is 25.2 Å². The highest BCUT2D eigenvalue weighted by molar-refractivity contribution is 5.78. The Balaban J connectivity index is 2.95. The van der Waals surface area contributed by atoms with E-state index >= 15 is 0 Å². The predicted molar refractivity (Wildman–Crippen MR) is 60.8 cm³/mol. The Bertz CT molecular complexity index is 314. The number of rotatable bonds is 6. The zero-order valence-electron chi connectivity index (χ0n) is 10.3. The highest BCUT2D eigenvalue weighted by atomic mass is 16.5. The summed E-state index contributed by atoms with van der Waals surface area (Å²) in [5, 5.41) is 65.3. The van der Waals surface area contributed by atoms with Crippen LogP contribution in [0.1, 0.15) is 25.7 Å². The number of aliphatic hydroxyl groups is 6. The van der Waals surface area contributed by atoms with Crippen molar-refractivity contribution in [3.8, 4) is 0 Å². The normalized spacial score (nSPS) is 25.0. The largest absolute Gasteiger partial charge is 0.479 e. The number of aliphatic carboxylic acids is 1. The third-order valence-electron chi connectivity index (χ3n) is 3.75. The summed E-state index contributed by atoms with van der Waals surface area (Å²) in [5.74, 6) is -2.48. The second kappa shape index (κ2) is 6.12. The van der Waals surface area contributed by atoms with E-state index in [2.05, 4.69) is 0 Å². The van der Waals surface area contributed by atoms with Gasteiger partial charge in [-0.15, -0.1) is 0 Å². The van der Waals surface area contributed by atoms with Crippen LogP contribution in [0.3, 0.4) is 0 Å². The lowest BCUT2D eigenvalue weighted by Gasteiger charge is -2.37. The second-order valence-electron chi connectivity index (χ2n) is 4.95. The fourth-order valence-electron chi connectivity index (χ4n) is 2.53. The molecule has 0 bridgehead atoms. The Hall–Kier alpha value is -0.770. The number of carboxylic acid groups (broad SMARTS) is 1. The van der Waals surface area contributed by atoms with Gasteiger partial charge in [-0.1, -0.05) is 12.8 Å². The fourth-order valence-corrected chi connectivity index (χ4v) is 2.53. The molecule has 4 atom stereocenters. The third kappa shape index (κ3) is 3.04. The van der Waals surface area contributed by atoms with Crippen LogP contribution in [0.2, 0.25) is 0 Å². The van der Waals surface area contributed by atoms with E-state index in [4.69, 9.17) is 15.3 Å². The maximum absolute atomic E-state index is 11.2. The molecular formula is C11H20O8. The highest BCUT2D eigenvalue weighted by Gasteiger charge is 2.54. The molecule has 112 valence electrons. The first-order valence-corrected chi connectivity index (χ1v) is 6.09. The molecule has 0 aromatic rings. The summed E-state index contributed by atoms with van der Waals surface area (Å²) < 4.78 is 0. The Labute approximate surface area is 109 Å². The summed E-state index contributed by atoms with van der Waals surface area (Å²) in [6.07, 6.45) is -6.85. The highest BCUT2D eigenvalue weighted by Crippen LogP contribution is 2.37. The molecule has 1 fully saturated rings. The molecule has 0 saturated heterocycles. The van der Waals surface area contributed by atoms with Gasteiger partial charge in [0.15, 0.2) is 11.9 Å². The zero-order valence-corrected chi connectivity index (χ0v) is 10.3. The molecule has 1 aliphatic rings. The summed E-state index contributed by atoms with van der Waals surface area (Å²) in [6.45, 7) is 0. The molecule has 7 N–H and O–H groups in total. The van der Waals surface area contributed by atoms with Crippen molar-refractivity contribution in [2.24, 2.45) is 5.92 Å². The van der Waals surface area contributed by atoms with Crippen LogP contribution in [0.5, 0.6) is 0 Å². The van der Waals surface area contributed by atoms with E-state index in [-0.39, 0.29) is 0 Å². The smallest absolute Gasteiger partial charge is 0.338 e. The van der Waals surface area contributed by atoms with Crippen LogP contribution in [-0.4, -0.2) is 71.9 Å². The molecule has 1 rings (SSSR count). The maximum Gasteiger partial charge on any atom is 0.338 e. The van der Waals surface area contributed by atoms with E-state index < -0.39 is 42.1 Å². The van der Waals surface area contributed by atoms with Crippen LogP contribution in [0.4, 0.5) is 0 Å². The number of carbonyl (C=O) groups is 1. The van der Waals surface area contributed by atoms with Gasteiger partial charge in [-0.05, 0) is 12.8 Å². The molecule has 0 spiro atoms. The van der Waals surface area contributed by atoms with Crippen LogP contribution >= 0.6 is 0 Å². The lowest BCUT2D eigenvalue weighted by molar-refractivity contribution is -0.222. The van der Waals surface area contributed by atoms with Crippen molar-refractivity contribution in [1.82, 2.24) is 0 Å². The van der Waals surface area contributed by atoms with Gasteiger partial charge in [0.2, 0.25) is 0 Å². The van der Waals surface area contributed by atoms with Crippen molar-refractivity contribution in [3.05, 3.63) is 0 Å². The van der Waals surface area contributed by atoms with Gasteiger partial charge in [-0.25, -0.2) is 4.79 Å². The maximum atomic E-state index is 11.2. The van der Waals surface area contributed by atoms with E-state index in [0.29, 0.717) is 25.7 Å². The van der Waals surface area contributed by atoms with Gasteiger partial charge in [-0.3, -0.25) is 0 Å². The molecule has 0 heterocycles. The van der Waals surface area contributed by atoms with Gasteiger partial charge >= 0.3 is 5.97 Å². The van der Waals surface area contributed by atoms with Crippen LogP contribution in [0.15, 0.2) is 0 Å². The summed E-state index contributed by atoms with van der Waals surface area (Å²) >= 11 is 0. The van der Waals surface area contributed by atoms with Crippen LogP contribution in [0.25, 0.3) is 0 Å². The van der Waals surface area contributed by atoms with Crippen molar-refractivity contribution in [2.75, 3.05) is 0 Å². The molecule has 19 heavy (non-hydrogen) atoms. The molecule has 0 amide bonds. The molecular weight excluding hydrogens is 260 g/mol. The fraction of sp³-hybridized carbons (Fsp3) is 0.909. The van der Waals surface area contributed by atoms with Crippen molar-refractivity contribution >= 4 is 5.97 Å². The molecule has 1 aliphatic carbocycles. The molecule has 1 saturated carbocycles. The topological polar surface area (TPSA) is 159 Å². The number of carboxylic acids is 1. The van der Waals surface area contributed by atoms with Gasteiger partial charge in [0.1, 0.15) is 18.3 Å². The van der Waals surface area contributed by atoms with Crippen molar-refractivity contribution in [3.63, 3.8) is 0 Å². The second-order valence-corrected chi connectivity index (χ2v) is 4.95. The average Bonchev–Trinajstić information content (AvgIpc) is 2.88. The van der Waals surface area contributed by atoms with Gasteiger partial charge in [0, 0.05) is 5.92 Å². The predicted octanol–water partition coefficient (Wildman–Crippen LogP) is -2.61. The minimum absolute atomic E-state index is 0.365. The van der Waals surface area contributed by atoms with Crippen LogP contribution in [0, 0.1) is 5.92 Å². The van der Waals surface area contributed by atoms with Crippen molar-refractivity contribution < 1.29 is 40.5 Å². The molecule has 0 aromatic carbocycles. The molecule has 8 nitrogen and oxygen atoms in total. The summed E-state index contributed by atoms with van der Waals surface area (Å²) in [7, 11) is 0. The Morgan fingerprint density at radius 2 is 1.47 bits per heavy atom. The summed E-state index contributed by atoms with van der Waals surface area (Å²) in [6, 6.07) is 0. The Morgan fingerprint density at radius 1 is 1.00 bits per heavy atom. The number of hydrogen-bond donors (Lipinski definition) is 7. The first-order chi connectivity index (χ1) is 8.72. The van der Waals surface area contributed by atoms with Gasteiger partial charge in [0.25, 0.3) is 0 Å². The third-order valence-corrected chi connectivity index (χ3v) is 3.75. The van der Waals surface area contributed by atoms with E-state index in [0.717, 1.165) is 0 Å². The lowest BCUT2D eigenvalue weighted by Crippen LogP contribution is -2.62. The van der Waals surface area contributed by atoms with Crippen molar-refractivity contribution in [1.29, 1.82) is 0 Å². The molecule has 8 heteroatoms. The summed E-state index contributed by atoms with van der Waals surface area (Å²) in [4.78, 5) is 11.2. The van der Waals surface area contributed by atoms with Crippen molar-refractivity contribution in [2.45, 2.75) is 55.9 Å². The standard InChI is InChI=1S/C11H20O8/c12-6(7(13)9(15)16)8(14)11(19,10(17)18)5-3-1-2-4-5/h5-9,12-16,19H,1-4H2,(H,17,18). The lowest BCUT2D eigenvalue weighted by atomic mass is 9.78. The monoisotopic (exact) mass is 280 g/mol. The Morgan fingerprint density at radius 3 is 1.84 bits per heavy atom. The van der Waals surface area contributed by atoms with E-state index in [1.165, 1.54) is 0 Å².